The van der Waals surface area contributed by atoms with Gasteiger partial charge in [0.15, 0.2) is 0 Å². The number of hydrogen-bond acceptors (Lipinski definition) is 3. The van der Waals surface area contributed by atoms with Crippen LogP contribution in [0.25, 0.3) is 0 Å². The molecule has 3 nitrogen and oxygen atoms in total. The van der Waals surface area contributed by atoms with Crippen LogP contribution in [0.3, 0.4) is 0 Å². The first-order chi connectivity index (χ1) is 9.44. The number of rotatable bonds is 2. The van der Waals surface area contributed by atoms with Gasteiger partial charge < -0.3 is 4.90 Å². The van der Waals surface area contributed by atoms with Crippen molar-refractivity contribution in [2.24, 2.45) is 0 Å². The van der Waals surface area contributed by atoms with E-state index in [1.54, 1.807) is 12.4 Å². The van der Waals surface area contributed by atoms with Crippen LogP contribution in [0.5, 0.6) is 0 Å². The Balaban J connectivity index is 0.000000956. The number of nitrogens with zero attached hydrogens (tertiary/aromatic N) is 3. The molecule has 0 N–H and O–H groups in total. The topological polar surface area (TPSA) is 19.4 Å². The van der Waals surface area contributed by atoms with Gasteiger partial charge in [0, 0.05) is 32.4 Å². The van der Waals surface area contributed by atoms with E-state index in [4.69, 9.17) is 0 Å². The zero-order valence-electron chi connectivity index (χ0n) is 12.2. The lowest BCUT2D eigenvalue weighted by atomic mass is 10.2. The van der Waals surface area contributed by atoms with Crippen LogP contribution in [0.15, 0.2) is 18.5 Å². The summed E-state index contributed by atoms with van der Waals surface area (Å²) in [5.41, 5.74) is 2.05. The molecular weight excluding hydrogens is 267 g/mol. The molecule has 0 atom stereocenters. The van der Waals surface area contributed by atoms with Crippen LogP contribution in [0.4, 0.5) is 18.9 Å². The lowest BCUT2D eigenvalue weighted by Gasteiger charge is -2.36. The van der Waals surface area contributed by atoms with Crippen LogP contribution in [-0.2, 0) is 0 Å². The number of hydrogen-bond donors (Lipinski definition) is 0. The number of aromatic nitrogens is 1. The fraction of sp³-hybridized carbons (Fsp3) is 0.643. The van der Waals surface area contributed by atoms with E-state index in [0.717, 1.165) is 11.3 Å². The van der Waals surface area contributed by atoms with E-state index in [0.29, 0.717) is 26.2 Å². The van der Waals surface area contributed by atoms with Crippen LogP contribution in [-0.4, -0.2) is 48.8 Å². The van der Waals surface area contributed by atoms with Crippen LogP contribution in [0, 0.1) is 6.92 Å². The molecule has 0 bridgehead atoms. The molecule has 1 aromatic rings. The summed E-state index contributed by atoms with van der Waals surface area (Å²) in [5, 5.41) is 0. The molecule has 1 aromatic heterocycles. The predicted octanol–water partition coefficient (Wildman–Crippen LogP) is 3.10. The molecule has 0 spiro atoms. The first kappa shape index (κ1) is 16.8. The van der Waals surface area contributed by atoms with Crippen molar-refractivity contribution < 1.29 is 13.2 Å². The summed E-state index contributed by atoms with van der Waals surface area (Å²) < 4.78 is 36.7. The Hall–Kier alpha value is -1.30. The Labute approximate surface area is 118 Å². The average molecular weight is 289 g/mol. The zero-order valence-corrected chi connectivity index (χ0v) is 12.2. The molecule has 114 valence electrons. The van der Waals surface area contributed by atoms with E-state index in [2.05, 4.69) is 9.88 Å². The van der Waals surface area contributed by atoms with Crippen molar-refractivity contribution in [1.82, 2.24) is 9.88 Å². The first-order valence-corrected chi connectivity index (χ1v) is 6.90. The van der Waals surface area contributed by atoms with Gasteiger partial charge in [0.25, 0.3) is 0 Å². The summed E-state index contributed by atoms with van der Waals surface area (Å²) in [7, 11) is 0. The van der Waals surface area contributed by atoms with Crippen molar-refractivity contribution >= 4 is 5.69 Å². The average Bonchev–Trinajstić information content (AvgIpc) is 2.40. The molecule has 20 heavy (non-hydrogen) atoms. The summed E-state index contributed by atoms with van der Waals surface area (Å²) in [6, 6.07) is 2.01. The largest absolute Gasteiger partial charge is 0.401 e. The van der Waals surface area contributed by atoms with Crippen molar-refractivity contribution in [2.45, 2.75) is 26.9 Å². The predicted molar refractivity (Wildman–Crippen MR) is 75.0 cm³/mol. The van der Waals surface area contributed by atoms with E-state index in [1.807, 2.05) is 26.8 Å². The van der Waals surface area contributed by atoms with Crippen molar-refractivity contribution in [3.05, 3.63) is 24.0 Å². The standard InChI is InChI=1S/C12H16F3N3.C2H6/c1-10-6-11(8-16-7-10)18-4-2-17(3-5-18)9-12(13,14)15;1-2/h6-8H,2-5,9H2,1H3;1-2H3. The Morgan fingerprint density at radius 2 is 1.70 bits per heavy atom. The van der Waals surface area contributed by atoms with E-state index >= 15 is 0 Å². The Morgan fingerprint density at radius 1 is 1.10 bits per heavy atom. The minimum absolute atomic E-state index is 0.438. The number of aryl methyl sites for hydroxylation is 1. The zero-order chi connectivity index (χ0) is 15.2. The molecule has 1 fully saturated rings. The van der Waals surface area contributed by atoms with E-state index in [9.17, 15) is 13.2 Å². The summed E-state index contributed by atoms with van der Waals surface area (Å²) in [5.74, 6) is 0. The smallest absolute Gasteiger partial charge is 0.368 e. The maximum atomic E-state index is 12.2. The SMILES string of the molecule is CC.Cc1cncc(N2CCN(CC(F)(F)F)CC2)c1. The molecule has 1 saturated heterocycles. The fourth-order valence-electron chi connectivity index (χ4n) is 2.13. The van der Waals surface area contributed by atoms with Crippen LogP contribution < -0.4 is 4.90 Å². The second-order valence-electron chi connectivity index (χ2n) is 4.60. The van der Waals surface area contributed by atoms with E-state index < -0.39 is 12.7 Å². The fourth-order valence-corrected chi connectivity index (χ4v) is 2.13. The number of halogens is 3. The summed E-state index contributed by atoms with van der Waals surface area (Å²) in [4.78, 5) is 7.62. The van der Waals surface area contributed by atoms with E-state index in [-0.39, 0.29) is 0 Å². The molecule has 2 heterocycles. The second kappa shape index (κ2) is 7.47. The molecular formula is C14H22F3N3. The van der Waals surface area contributed by atoms with E-state index in [1.165, 1.54) is 4.90 Å². The van der Waals surface area contributed by atoms with Crippen molar-refractivity contribution in [3.8, 4) is 0 Å². The van der Waals surface area contributed by atoms with Gasteiger partial charge in [-0.3, -0.25) is 9.88 Å². The number of alkyl halides is 3. The highest BCUT2D eigenvalue weighted by Gasteiger charge is 2.32. The normalized spacial score (nSPS) is 16.6. The minimum Gasteiger partial charge on any atom is -0.368 e. The van der Waals surface area contributed by atoms with Crippen molar-refractivity contribution in [1.29, 1.82) is 0 Å². The quantitative estimate of drug-likeness (QED) is 0.834. The van der Waals surface area contributed by atoms with Crippen molar-refractivity contribution in [2.75, 3.05) is 37.6 Å². The Morgan fingerprint density at radius 3 is 2.20 bits per heavy atom. The van der Waals surface area contributed by atoms with Crippen LogP contribution in [0.2, 0.25) is 0 Å². The molecule has 0 radical (unpaired) electrons. The highest BCUT2D eigenvalue weighted by Crippen LogP contribution is 2.20. The molecule has 2 rings (SSSR count). The van der Waals surface area contributed by atoms with Gasteiger partial charge >= 0.3 is 6.18 Å². The lowest BCUT2D eigenvalue weighted by molar-refractivity contribution is -0.146. The van der Waals surface area contributed by atoms with Crippen molar-refractivity contribution in [3.63, 3.8) is 0 Å². The van der Waals surface area contributed by atoms with Gasteiger partial charge in [0.1, 0.15) is 0 Å². The third-order valence-corrected chi connectivity index (χ3v) is 3.00. The van der Waals surface area contributed by atoms with Crippen LogP contribution >= 0.6 is 0 Å². The Kier molecular flexibility index (Phi) is 6.26. The van der Waals surface area contributed by atoms with Crippen LogP contribution in [0.1, 0.15) is 19.4 Å². The maximum absolute atomic E-state index is 12.2. The minimum atomic E-state index is -4.10. The molecule has 0 unspecified atom stereocenters. The third-order valence-electron chi connectivity index (χ3n) is 3.00. The second-order valence-corrected chi connectivity index (χ2v) is 4.60. The lowest BCUT2D eigenvalue weighted by Crippen LogP contribution is -2.49. The molecule has 0 aromatic carbocycles. The molecule has 0 amide bonds. The highest BCUT2D eigenvalue weighted by atomic mass is 19.4. The maximum Gasteiger partial charge on any atom is 0.401 e. The summed E-state index contributed by atoms with van der Waals surface area (Å²) >= 11 is 0. The third kappa shape index (κ3) is 5.36. The Bertz CT molecular complexity index is 399. The van der Waals surface area contributed by atoms with Gasteiger partial charge in [-0.25, -0.2) is 0 Å². The molecule has 1 aliphatic rings. The highest BCUT2D eigenvalue weighted by molar-refractivity contribution is 5.46. The van der Waals surface area contributed by atoms with Gasteiger partial charge in [-0.05, 0) is 18.6 Å². The summed E-state index contributed by atoms with van der Waals surface area (Å²) in [6.45, 7) is 7.24. The number of piperazine rings is 1. The first-order valence-electron chi connectivity index (χ1n) is 6.90. The molecule has 0 saturated carbocycles. The molecule has 6 heteroatoms. The van der Waals surface area contributed by atoms with Gasteiger partial charge in [-0.2, -0.15) is 13.2 Å². The van der Waals surface area contributed by atoms with Gasteiger partial charge in [0.05, 0.1) is 18.4 Å². The molecule has 0 aliphatic carbocycles. The van der Waals surface area contributed by atoms with Gasteiger partial charge in [-0.1, -0.05) is 13.8 Å². The molecule has 1 aliphatic heterocycles. The van der Waals surface area contributed by atoms with Gasteiger partial charge in [-0.15, -0.1) is 0 Å². The summed E-state index contributed by atoms with van der Waals surface area (Å²) in [6.07, 6.45) is -0.580. The number of anilines is 1. The van der Waals surface area contributed by atoms with Gasteiger partial charge in [0.2, 0.25) is 0 Å². The monoisotopic (exact) mass is 289 g/mol. The number of pyridine rings is 1.